The quantitative estimate of drug-likeness (QED) is 0.0108. The lowest BCUT2D eigenvalue weighted by molar-refractivity contribution is -0.142. The molecule has 43 nitrogen and oxygen atoms in total. The highest BCUT2D eigenvalue weighted by Crippen LogP contribution is 2.20. The molecule has 0 aliphatic heterocycles. The number of fused-ring (bicyclic) bond motifs is 1. The highest BCUT2D eigenvalue weighted by molar-refractivity contribution is 7.80. The smallest absolute Gasteiger partial charge is 0.326 e. The van der Waals surface area contributed by atoms with Crippen LogP contribution in [0.1, 0.15) is 127 Å². The van der Waals surface area contributed by atoms with Crippen LogP contribution in [0.4, 0.5) is 0 Å². The predicted molar refractivity (Wildman–Crippen MR) is 423 cm³/mol. The molecule has 2 heterocycles. The van der Waals surface area contributed by atoms with Crippen LogP contribution in [0.15, 0.2) is 48.0 Å². The summed E-state index contributed by atoms with van der Waals surface area (Å²) in [5, 5.41) is 52.2. The van der Waals surface area contributed by atoms with Gasteiger partial charge in [-0.25, -0.2) is 9.78 Å². The largest absolute Gasteiger partial charge is 0.481 e. The lowest BCUT2D eigenvalue weighted by atomic mass is 10.0. The van der Waals surface area contributed by atoms with E-state index in [0.29, 0.717) is 73.7 Å². The third-order valence-corrected chi connectivity index (χ3v) is 18.2. The molecule has 45 heteroatoms. The molecule has 634 valence electrons. The number of unbranched alkanes of at least 4 members (excludes halogenated alkanes) is 4. The number of carboxylic acid groups (broad SMARTS) is 2. The molecule has 0 aliphatic rings. The number of hydrogen-bond donors (Lipinski definition) is 27. The topological polar surface area (TPSA) is 735 Å². The molecule has 14 amide bonds. The van der Waals surface area contributed by atoms with Crippen molar-refractivity contribution in [3.05, 3.63) is 54.2 Å². The first kappa shape index (κ1) is 97.5. The van der Waals surface area contributed by atoms with E-state index in [2.05, 4.69) is 114 Å². The van der Waals surface area contributed by atoms with Crippen molar-refractivity contribution in [2.45, 2.75) is 195 Å². The number of para-hydroxylation sites is 1. The zero-order valence-corrected chi connectivity index (χ0v) is 65.2. The van der Waals surface area contributed by atoms with Crippen molar-refractivity contribution >= 4 is 137 Å². The van der Waals surface area contributed by atoms with Crippen LogP contribution in [-0.2, 0) is 89.6 Å². The number of H-pyrrole nitrogens is 2. The van der Waals surface area contributed by atoms with Crippen molar-refractivity contribution in [1.82, 2.24) is 84.1 Å². The molecule has 0 unspecified atom stereocenters. The summed E-state index contributed by atoms with van der Waals surface area (Å²) in [6, 6.07) is -8.40. The standard InChI is InChI=1S/C69H113N25O18S2/c70-23-7-3-15-43(89-63(106)45(17-5-9-25-72)88-58(101)41(74)13-11-27-79-69(76)77)59(102)81-34-56(98)87-52(36-114)67(110)93-49(28-38-30-80-42-14-2-1-12-40(38)42)65(108)90-46(18-6-10-26-73)64(107)94-51(35-113)61(104)83-32-54(96)85-44(16-4-8-24-71)62(105)91-47(20-22-57(99)100)60(103)82-33-55(97)86-50(29-39-31-78-37-84-39)66(109)92-48(68(111)112)19-21-53(75)95/h1-2,12,14,30-31,37,41,43-52,80,113-114H,3-11,13,15-29,32-36,70-74H2,(H2,75,95)(H,78,84)(H,81,102)(H,82,103)(H,83,104)(H,85,96)(H,86,97)(H,87,98)(H,88,101)(H,89,106)(H,90,108)(H,91,105)(H,92,109)(H,93,110)(H,94,107)(H,99,100)(H,111,112)(H4,76,77,79)/t41-,43-,44-,45-,46-,47-,48-,49-,50-,51-,52-/m0/s1. The molecule has 3 rings (SSSR count). The van der Waals surface area contributed by atoms with Crippen LogP contribution < -0.4 is 115 Å². The minimum atomic E-state index is -1.66. The number of amides is 14. The van der Waals surface area contributed by atoms with Crippen molar-refractivity contribution < 1.29 is 86.9 Å². The summed E-state index contributed by atoms with van der Waals surface area (Å²) in [5.41, 5.74) is 46.6. The fraction of sp³-hybridized carbons (Fsp3) is 0.594. The first-order chi connectivity index (χ1) is 54.4. The van der Waals surface area contributed by atoms with Crippen LogP contribution >= 0.6 is 25.3 Å². The number of benzene rings is 1. The number of nitrogens with zero attached hydrogens (tertiary/aromatic N) is 2. The molecular weight excluding hydrogens is 1530 g/mol. The molecule has 0 bridgehead atoms. The number of aliphatic imine (C=N–C) groups is 1. The second kappa shape index (κ2) is 54.1. The summed E-state index contributed by atoms with van der Waals surface area (Å²) >= 11 is 8.58. The first-order valence-electron chi connectivity index (χ1n) is 37.3. The maximum absolute atomic E-state index is 14.7. The van der Waals surface area contributed by atoms with Crippen molar-refractivity contribution in [1.29, 1.82) is 0 Å². The Kier molecular flexibility index (Phi) is 46.2. The third-order valence-electron chi connectivity index (χ3n) is 17.5. The van der Waals surface area contributed by atoms with Crippen molar-refractivity contribution in [3.8, 4) is 0 Å². The van der Waals surface area contributed by atoms with E-state index < -0.39 is 200 Å². The van der Waals surface area contributed by atoms with Crippen LogP contribution in [0.3, 0.4) is 0 Å². The summed E-state index contributed by atoms with van der Waals surface area (Å²) in [6.07, 6.45) is 5.28. The number of carbonyl (C=O) groups excluding carboxylic acids is 14. The summed E-state index contributed by atoms with van der Waals surface area (Å²) in [7, 11) is 0. The van der Waals surface area contributed by atoms with Gasteiger partial charge in [-0.15, -0.1) is 0 Å². The number of aromatic amines is 2. The zero-order valence-electron chi connectivity index (χ0n) is 63.4. The fourth-order valence-corrected chi connectivity index (χ4v) is 11.8. The molecule has 0 aliphatic carbocycles. The molecule has 1 aromatic carbocycles. The fourth-order valence-electron chi connectivity index (χ4n) is 11.2. The van der Waals surface area contributed by atoms with Gasteiger partial charge >= 0.3 is 11.9 Å². The summed E-state index contributed by atoms with van der Waals surface area (Å²) in [6.45, 7) is -1.30. The molecule has 3 aromatic rings. The number of nitrogens with one attached hydrogen (secondary N) is 15. The van der Waals surface area contributed by atoms with Gasteiger partial charge in [0.15, 0.2) is 5.96 Å². The van der Waals surface area contributed by atoms with E-state index in [0.717, 1.165) is 0 Å². The number of primary amides is 1. The Morgan fingerprint density at radius 1 is 0.430 bits per heavy atom. The Bertz CT molecular complexity index is 3680. The second-order valence-corrected chi connectivity index (χ2v) is 27.4. The summed E-state index contributed by atoms with van der Waals surface area (Å²) in [4.78, 5) is 228. The SMILES string of the molecule is NCCCC[C@H](NC(=O)CNC(=O)[C@H](CS)NC(=O)[C@H](CCCCN)NC(=O)[C@H](Cc1c[nH]c2ccccc12)NC(=O)[C@H](CS)NC(=O)CNC(=O)[C@H](CCCCN)NC(=O)[C@H](CCCCN)NC(=O)[C@@H](N)CCCN=C(N)N)C(=O)N[C@@H](CCC(=O)O)C(=O)NCC(=O)N[C@@H](Cc1cnc[nH]1)C(=O)N[C@@H](CCC(N)=O)C(=O)O. The van der Waals surface area contributed by atoms with Crippen LogP contribution in [0.5, 0.6) is 0 Å². The predicted octanol–water partition coefficient (Wildman–Crippen LogP) is -8.16. The highest BCUT2D eigenvalue weighted by Gasteiger charge is 2.35. The van der Waals surface area contributed by atoms with E-state index in [9.17, 15) is 86.9 Å². The molecule has 0 saturated heterocycles. The number of nitrogens with two attached hydrogens (primary N) is 8. The van der Waals surface area contributed by atoms with Crippen LogP contribution in [-0.4, -0.2) is 256 Å². The third kappa shape index (κ3) is 37.7. The normalized spacial score (nSPS) is 13.9. The van der Waals surface area contributed by atoms with Gasteiger partial charge in [0.1, 0.15) is 60.4 Å². The Balaban J connectivity index is 1.79. The Labute approximate surface area is 668 Å². The van der Waals surface area contributed by atoms with Crippen molar-refractivity contribution in [2.24, 2.45) is 50.9 Å². The number of hydrogen-bond acceptors (Lipinski definition) is 25. The lowest BCUT2D eigenvalue weighted by Gasteiger charge is -2.26. The number of thiol groups is 2. The molecule has 0 fully saturated rings. The van der Waals surface area contributed by atoms with E-state index in [1.165, 1.54) is 12.5 Å². The summed E-state index contributed by atoms with van der Waals surface area (Å²) < 4.78 is 0. The average Bonchev–Trinajstić information content (AvgIpc) is 1.66. The Morgan fingerprint density at radius 2 is 0.816 bits per heavy atom. The first-order valence-corrected chi connectivity index (χ1v) is 38.6. The minimum absolute atomic E-state index is 0.0646. The molecule has 0 radical (unpaired) electrons. The maximum atomic E-state index is 14.7. The molecule has 114 heavy (non-hydrogen) atoms. The van der Waals surface area contributed by atoms with Gasteiger partial charge in [-0.1, -0.05) is 18.2 Å². The van der Waals surface area contributed by atoms with Gasteiger partial charge in [-0.3, -0.25) is 76.9 Å². The highest BCUT2D eigenvalue weighted by atomic mass is 32.1. The van der Waals surface area contributed by atoms with E-state index in [4.69, 9.17) is 45.9 Å². The number of guanidine groups is 1. The molecule has 11 atom stereocenters. The average molecular weight is 1640 g/mol. The Hall–Kier alpha value is -10.7. The van der Waals surface area contributed by atoms with Crippen molar-refractivity contribution in [3.63, 3.8) is 0 Å². The van der Waals surface area contributed by atoms with Gasteiger partial charge in [0.05, 0.1) is 32.0 Å². The molecule has 0 saturated carbocycles. The van der Waals surface area contributed by atoms with Gasteiger partial charge < -0.3 is 135 Å². The summed E-state index contributed by atoms with van der Waals surface area (Å²) in [5.74, 6) is -16.4. The van der Waals surface area contributed by atoms with Crippen LogP contribution in [0.2, 0.25) is 0 Å². The second-order valence-electron chi connectivity index (χ2n) is 26.6. The maximum Gasteiger partial charge on any atom is 0.326 e. The molecular formula is C69H113N25O18S2. The van der Waals surface area contributed by atoms with Crippen LogP contribution in [0, 0.1) is 0 Å². The van der Waals surface area contributed by atoms with Gasteiger partial charge in [-0.2, -0.15) is 25.3 Å². The Morgan fingerprint density at radius 3 is 1.27 bits per heavy atom. The number of carbonyl (C=O) groups is 16. The van der Waals surface area contributed by atoms with Gasteiger partial charge in [0.25, 0.3) is 0 Å². The monoisotopic (exact) mass is 1640 g/mol. The van der Waals surface area contributed by atoms with E-state index in [1.54, 1.807) is 30.5 Å². The van der Waals surface area contributed by atoms with Gasteiger partial charge in [-0.05, 0) is 141 Å². The number of aliphatic carboxylic acids is 2. The number of rotatable bonds is 59. The molecule has 0 spiro atoms. The van der Waals surface area contributed by atoms with Crippen molar-refractivity contribution in [2.75, 3.05) is 63.9 Å². The minimum Gasteiger partial charge on any atom is -0.481 e. The van der Waals surface area contributed by atoms with E-state index in [-0.39, 0.29) is 108 Å². The molecule has 33 N–H and O–H groups in total. The van der Waals surface area contributed by atoms with Gasteiger partial charge in [0.2, 0.25) is 82.7 Å². The number of aromatic nitrogens is 3. The van der Waals surface area contributed by atoms with E-state index in [1.807, 2.05) is 0 Å². The number of imidazole rings is 1. The zero-order chi connectivity index (χ0) is 84.7. The van der Waals surface area contributed by atoms with Crippen LogP contribution in [0.25, 0.3) is 10.9 Å². The van der Waals surface area contributed by atoms with Gasteiger partial charge in [0, 0.05) is 72.7 Å². The molecule has 2 aromatic heterocycles. The lowest BCUT2D eigenvalue weighted by Crippen LogP contribution is -2.60. The number of carboxylic acids is 2. The van der Waals surface area contributed by atoms with E-state index >= 15 is 0 Å².